The third kappa shape index (κ3) is 6.22. The van der Waals surface area contributed by atoms with Crippen LogP contribution >= 0.6 is 0 Å². The first-order valence-corrected chi connectivity index (χ1v) is 12.3. The van der Waals surface area contributed by atoms with Crippen molar-refractivity contribution in [1.29, 1.82) is 0 Å². The average Bonchev–Trinajstić information content (AvgIpc) is 3.11. The Bertz CT molecular complexity index is 1050. The SMILES string of the molecule is CCCCCOc1ccc(C2C(=C(O)c3ccccc3)C(=O)C(=O)N2CCN(C)C)cc1OCC. The Morgan fingerprint density at radius 1 is 1.00 bits per heavy atom. The number of hydrogen-bond donors (Lipinski definition) is 1. The van der Waals surface area contributed by atoms with Crippen molar-refractivity contribution in [3.05, 3.63) is 65.2 Å². The molecule has 0 aromatic heterocycles. The minimum atomic E-state index is -0.733. The molecule has 1 amide bonds. The molecule has 35 heavy (non-hydrogen) atoms. The summed E-state index contributed by atoms with van der Waals surface area (Å²) < 4.78 is 11.8. The van der Waals surface area contributed by atoms with Crippen molar-refractivity contribution in [2.45, 2.75) is 39.2 Å². The predicted molar refractivity (Wildman–Crippen MR) is 137 cm³/mol. The zero-order valence-corrected chi connectivity index (χ0v) is 21.1. The zero-order valence-electron chi connectivity index (χ0n) is 21.1. The smallest absolute Gasteiger partial charge is 0.295 e. The minimum Gasteiger partial charge on any atom is -0.507 e. The number of nitrogens with zero attached hydrogens (tertiary/aromatic N) is 2. The number of carbonyl (C=O) groups excluding carboxylic acids is 2. The number of carbonyl (C=O) groups is 2. The van der Waals surface area contributed by atoms with Gasteiger partial charge in [0.1, 0.15) is 5.76 Å². The molecule has 1 saturated heterocycles. The van der Waals surface area contributed by atoms with E-state index in [1.165, 1.54) is 4.90 Å². The Morgan fingerprint density at radius 3 is 2.40 bits per heavy atom. The molecule has 1 unspecified atom stereocenters. The minimum absolute atomic E-state index is 0.0824. The first-order chi connectivity index (χ1) is 16.9. The number of likely N-dealkylation sites (tertiary alicyclic amines) is 1. The number of amides is 1. The molecule has 2 aromatic carbocycles. The Labute approximate surface area is 207 Å². The number of aliphatic hydroxyl groups is 1. The normalized spacial score (nSPS) is 17.3. The molecule has 0 aliphatic carbocycles. The highest BCUT2D eigenvalue weighted by molar-refractivity contribution is 6.46. The second-order valence-corrected chi connectivity index (χ2v) is 8.86. The van der Waals surface area contributed by atoms with E-state index in [9.17, 15) is 14.7 Å². The third-order valence-electron chi connectivity index (χ3n) is 5.96. The summed E-state index contributed by atoms with van der Waals surface area (Å²) in [6.07, 6.45) is 3.14. The number of benzene rings is 2. The van der Waals surface area contributed by atoms with Gasteiger partial charge >= 0.3 is 0 Å². The summed E-state index contributed by atoms with van der Waals surface area (Å²) in [5, 5.41) is 11.1. The van der Waals surface area contributed by atoms with Gasteiger partial charge in [-0.15, -0.1) is 0 Å². The van der Waals surface area contributed by atoms with Crippen molar-refractivity contribution < 1.29 is 24.2 Å². The Balaban J connectivity index is 2.07. The van der Waals surface area contributed by atoms with Crippen LogP contribution in [0.4, 0.5) is 0 Å². The molecule has 1 fully saturated rings. The number of ether oxygens (including phenoxy) is 2. The Morgan fingerprint density at radius 2 is 1.74 bits per heavy atom. The molecule has 0 radical (unpaired) electrons. The maximum Gasteiger partial charge on any atom is 0.295 e. The first kappa shape index (κ1) is 26.3. The van der Waals surface area contributed by atoms with Crippen LogP contribution in [0.1, 0.15) is 50.3 Å². The van der Waals surface area contributed by atoms with Gasteiger partial charge in [-0.05, 0) is 45.1 Å². The Hall–Kier alpha value is -3.32. The van der Waals surface area contributed by atoms with E-state index in [0.29, 0.717) is 48.9 Å². The lowest BCUT2D eigenvalue weighted by Crippen LogP contribution is -2.35. The van der Waals surface area contributed by atoms with Gasteiger partial charge < -0.3 is 24.4 Å². The summed E-state index contributed by atoms with van der Waals surface area (Å²) in [6, 6.07) is 13.6. The number of aliphatic hydroxyl groups excluding tert-OH is 1. The average molecular weight is 481 g/mol. The molecule has 7 heteroatoms. The fourth-order valence-corrected chi connectivity index (χ4v) is 4.13. The summed E-state index contributed by atoms with van der Waals surface area (Å²) >= 11 is 0. The fraction of sp³-hybridized carbons (Fsp3) is 0.429. The van der Waals surface area contributed by atoms with Crippen molar-refractivity contribution >= 4 is 17.4 Å². The second kappa shape index (κ2) is 12.4. The number of hydrogen-bond acceptors (Lipinski definition) is 6. The second-order valence-electron chi connectivity index (χ2n) is 8.86. The quantitative estimate of drug-likeness (QED) is 0.206. The van der Waals surface area contributed by atoms with Gasteiger partial charge in [-0.3, -0.25) is 9.59 Å². The molecule has 1 heterocycles. The van der Waals surface area contributed by atoms with E-state index < -0.39 is 17.7 Å². The molecule has 1 aliphatic rings. The zero-order chi connectivity index (χ0) is 25.4. The lowest BCUT2D eigenvalue weighted by Gasteiger charge is -2.27. The first-order valence-electron chi connectivity index (χ1n) is 12.3. The van der Waals surface area contributed by atoms with Crippen LogP contribution in [0.5, 0.6) is 11.5 Å². The van der Waals surface area contributed by atoms with Crippen LogP contribution in [0.15, 0.2) is 54.1 Å². The number of Topliss-reactive ketones (excluding diaryl/α,β-unsaturated/α-hetero) is 1. The van der Waals surface area contributed by atoms with Gasteiger partial charge in [-0.2, -0.15) is 0 Å². The lowest BCUT2D eigenvalue weighted by molar-refractivity contribution is -0.140. The van der Waals surface area contributed by atoms with Gasteiger partial charge in [0.05, 0.1) is 24.8 Å². The topological polar surface area (TPSA) is 79.3 Å². The fourth-order valence-electron chi connectivity index (χ4n) is 4.13. The van der Waals surface area contributed by atoms with Crippen LogP contribution in [0.2, 0.25) is 0 Å². The van der Waals surface area contributed by atoms with Gasteiger partial charge in [0.2, 0.25) is 0 Å². The maximum atomic E-state index is 13.2. The molecule has 1 aliphatic heterocycles. The molecular formula is C28H36N2O5. The molecule has 188 valence electrons. The number of rotatable bonds is 12. The Kier molecular flexibility index (Phi) is 9.32. The van der Waals surface area contributed by atoms with Crippen molar-refractivity contribution in [1.82, 2.24) is 9.80 Å². The summed E-state index contributed by atoms with van der Waals surface area (Å²) in [5.41, 5.74) is 1.26. The highest BCUT2D eigenvalue weighted by Crippen LogP contribution is 2.42. The van der Waals surface area contributed by atoms with E-state index in [-0.39, 0.29) is 11.3 Å². The molecule has 1 N–H and O–H groups in total. The monoisotopic (exact) mass is 480 g/mol. The van der Waals surface area contributed by atoms with E-state index in [1.807, 2.05) is 50.2 Å². The van der Waals surface area contributed by atoms with Crippen LogP contribution < -0.4 is 9.47 Å². The van der Waals surface area contributed by atoms with E-state index in [2.05, 4.69) is 6.92 Å². The third-order valence-corrected chi connectivity index (χ3v) is 5.96. The van der Waals surface area contributed by atoms with Crippen molar-refractivity contribution in [3.63, 3.8) is 0 Å². The molecule has 3 rings (SSSR count). The molecule has 0 bridgehead atoms. The molecule has 0 spiro atoms. The van der Waals surface area contributed by atoms with E-state index in [4.69, 9.17) is 9.47 Å². The number of likely N-dealkylation sites (N-methyl/N-ethyl adjacent to an activating group) is 1. The van der Waals surface area contributed by atoms with Gasteiger partial charge in [-0.1, -0.05) is 56.2 Å². The van der Waals surface area contributed by atoms with Crippen LogP contribution in [-0.4, -0.2) is 67.0 Å². The molecule has 0 saturated carbocycles. The number of unbranched alkanes of at least 4 members (excludes halogenated alkanes) is 2. The molecule has 7 nitrogen and oxygen atoms in total. The summed E-state index contributed by atoms with van der Waals surface area (Å²) in [5.74, 6) is -0.307. The van der Waals surface area contributed by atoms with Gasteiger partial charge in [-0.25, -0.2) is 0 Å². The van der Waals surface area contributed by atoms with Gasteiger partial charge in [0.15, 0.2) is 11.5 Å². The number of ketones is 1. The van der Waals surface area contributed by atoms with Crippen LogP contribution in [0.25, 0.3) is 5.76 Å². The van der Waals surface area contributed by atoms with Crippen molar-refractivity contribution in [2.75, 3.05) is 40.4 Å². The summed E-state index contributed by atoms with van der Waals surface area (Å²) in [6.45, 7) is 5.98. The molecular weight excluding hydrogens is 444 g/mol. The lowest BCUT2D eigenvalue weighted by atomic mass is 9.95. The van der Waals surface area contributed by atoms with Crippen LogP contribution in [-0.2, 0) is 9.59 Å². The van der Waals surface area contributed by atoms with E-state index in [0.717, 1.165) is 19.3 Å². The van der Waals surface area contributed by atoms with E-state index >= 15 is 0 Å². The maximum absolute atomic E-state index is 13.2. The molecule has 1 atom stereocenters. The summed E-state index contributed by atoms with van der Waals surface area (Å²) in [4.78, 5) is 29.7. The van der Waals surface area contributed by atoms with Gasteiger partial charge in [0, 0.05) is 18.7 Å². The van der Waals surface area contributed by atoms with Gasteiger partial charge in [0.25, 0.3) is 11.7 Å². The largest absolute Gasteiger partial charge is 0.507 e. The van der Waals surface area contributed by atoms with E-state index in [1.54, 1.807) is 24.3 Å². The van der Waals surface area contributed by atoms with Crippen LogP contribution in [0.3, 0.4) is 0 Å². The molecule has 2 aromatic rings. The van der Waals surface area contributed by atoms with Crippen molar-refractivity contribution in [2.24, 2.45) is 0 Å². The van der Waals surface area contributed by atoms with Crippen LogP contribution in [0, 0.1) is 0 Å². The predicted octanol–water partition coefficient (Wildman–Crippen LogP) is 4.64. The standard InChI is InChI=1S/C28H36N2O5/c1-5-7-11-18-35-22-15-14-21(19-23(22)34-6-2)25-24(26(31)20-12-9-8-10-13-20)27(32)28(33)30(25)17-16-29(3)4/h8-10,12-15,19,25,31H,5-7,11,16-18H2,1-4H3. The highest BCUT2D eigenvalue weighted by Gasteiger charge is 2.46. The summed E-state index contributed by atoms with van der Waals surface area (Å²) in [7, 11) is 3.82. The van der Waals surface area contributed by atoms with Crippen molar-refractivity contribution in [3.8, 4) is 11.5 Å². The highest BCUT2D eigenvalue weighted by atomic mass is 16.5.